The van der Waals surface area contributed by atoms with Gasteiger partial charge in [0.25, 0.3) is 0 Å². The summed E-state index contributed by atoms with van der Waals surface area (Å²) >= 11 is 0. The van der Waals surface area contributed by atoms with Crippen LogP contribution in [0.5, 0.6) is 5.75 Å². The van der Waals surface area contributed by atoms with Gasteiger partial charge in [-0.1, -0.05) is 24.8 Å². The van der Waals surface area contributed by atoms with Crippen molar-refractivity contribution in [2.75, 3.05) is 19.8 Å². The summed E-state index contributed by atoms with van der Waals surface area (Å²) in [6.07, 6.45) is 0.142. The van der Waals surface area contributed by atoms with Gasteiger partial charge < -0.3 is 19.9 Å². The molecule has 1 heterocycles. The average Bonchev–Trinajstić information content (AvgIpc) is 3.30. The quantitative estimate of drug-likeness (QED) is 0.378. The van der Waals surface area contributed by atoms with Crippen molar-refractivity contribution in [1.29, 1.82) is 0 Å². The Morgan fingerprint density at radius 2 is 2.00 bits per heavy atom. The molecule has 1 saturated heterocycles. The first-order valence-electron chi connectivity index (χ1n) is 6.43. The van der Waals surface area contributed by atoms with Crippen LogP contribution in [0.4, 0.5) is 0 Å². The van der Waals surface area contributed by atoms with Crippen molar-refractivity contribution >= 4 is 11.9 Å². The summed E-state index contributed by atoms with van der Waals surface area (Å²) in [7, 11) is 0. The Labute approximate surface area is 123 Å². The summed E-state index contributed by atoms with van der Waals surface area (Å²) in [5.74, 6) is -0.227. The summed E-state index contributed by atoms with van der Waals surface area (Å²) in [4.78, 5) is 21.3. The van der Waals surface area contributed by atoms with Gasteiger partial charge in [0.1, 0.15) is 18.5 Å². The second kappa shape index (κ2) is 8.89. The Morgan fingerprint density at radius 3 is 2.48 bits per heavy atom. The van der Waals surface area contributed by atoms with Gasteiger partial charge in [0.05, 0.1) is 13.2 Å². The molecule has 1 aliphatic heterocycles. The highest BCUT2D eigenvalue weighted by molar-refractivity contribution is 5.86. The maximum Gasteiger partial charge on any atom is 0.333 e. The van der Waals surface area contributed by atoms with Gasteiger partial charge in [-0.3, -0.25) is 4.79 Å². The molecule has 2 rings (SSSR count). The maximum atomic E-state index is 10.7. The molecule has 6 nitrogen and oxygen atoms in total. The summed E-state index contributed by atoms with van der Waals surface area (Å²) < 4.78 is 14.4. The van der Waals surface area contributed by atoms with Crippen molar-refractivity contribution in [3.63, 3.8) is 0 Å². The summed E-state index contributed by atoms with van der Waals surface area (Å²) in [5, 5.41) is 0. The van der Waals surface area contributed by atoms with Crippen LogP contribution in [0.3, 0.4) is 0 Å². The fraction of sp³-hybridized carbons (Fsp3) is 0.333. The van der Waals surface area contributed by atoms with E-state index < -0.39 is 5.97 Å². The van der Waals surface area contributed by atoms with Crippen molar-refractivity contribution < 1.29 is 23.8 Å². The van der Waals surface area contributed by atoms with E-state index in [1.54, 1.807) is 31.2 Å². The van der Waals surface area contributed by atoms with Gasteiger partial charge in [-0.25, -0.2) is 4.79 Å². The maximum absolute atomic E-state index is 10.7. The highest BCUT2D eigenvalue weighted by atomic mass is 16.6. The SMILES string of the molecule is C=C(C)C(=O)OCC1CO1.NCC(=O)Oc1ccccc1. The lowest BCUT2D eigenvalue weighted by Crippen LogP contribution is -2.19. The highest BCUT2D eigenvalue weighted by Crippen LogP contribution is 2.09. The smallest absolute Gasteiger partial charge is 0.333 e. The second-order valence-corrected chi connectivity index (χ2v) is 4.33. The molecule has 0 amide bonds. The third-order valence-corrected chi connectivity index (χ3v) is 2.29. The Kier molecular flexibility index (Phi) is 7.14. The first kappa shape index (κ1) is 16.9. The fourth-order valence-electron chi connectivity index (χ4n) is 1.12. The van der Waals surface area contributed by atoms with Crippen LogP contribution >= 0.6 is 0 Å². The average molecular weight is 293 g/mol. The molecule has 0 aliphatic carbocycles. The van der Waals surface area contributed by atoms with Gasteiger partial charge in [0, 0.05) is 5.57 Å². The predicted molar refractivity (Wildman–Crippen MR) is 76.6 cm³/mol. The molecule has 1 atom stereocenters. The van der Waals surface area contributed by atoms with E-state index in [4.69, 9.17) is 19.9 Å². The normalized spacial score (nSPS) is 15.2. The molecule has 1 fully saturated rings. The zero-order chi connectivity index (χ0) is 15.7. The first-order valence-corrected chi connectivity index (χ1v) is 6.43. The number of hydrogen-bond donors (Lipinski definition) is 1. The minimum Gasteiger partial charge on any atom is -0.459 e. The van der Waals surface area contributed by atoms with E-state index in [0.717, 1.165) is 0 Å². The minimum absolute atomic E-state index is 0.0884. The lowest BCUT2D eigenvalue weighted by molar-refractivity contribution is -0.139. The molecule has 0 spiro atoms. The molecule has 6 heteroatoms. The van der Waals surface area contributed by atoms with E-state index in [2.05, 4.69) is 6.58 Å². The molecule has 1 aliphatic rings. The van der Waals surface area contributed by atoms with Gasteiger partial charge >= 0.3 is 11.9 Å². The van der Waals surface area contributed by atoms with Crippen LogP contribution in [0.2, 0.25) is 0 Å². The van der Waals surface area contributed by atoms with Crippen LogP contribution in [0.25, 0.3) is 0 Å². The van der Waals surface area contributed by atoms with Crippen LogP contribution in [-0.4, -0.2) is 37.8 Å². The van der Waals surface area contributed by atoms with Gasteiger partial charge in [-0.15, -0.1) is 0 Å². The molecule has 1 unspecified atom stereocenters. The van der Waals surface area contributed by atoms with Gasteiger partial charge in [0.2, 0.25) is 0 Å². The Balaban J connectivity index is 0.000000211. The molecule has 21 heavy (non-hydrogen) atoms. The van der Waals surface area contributed by atoms with Crippen LogP contribution in [-0.2, 0) is 19.1 Å². The molecule has 0 aromatic heterocycles. The fourth-order valence-corrected chi connectivity index (χ4v) is 1.12. The number of ether oxygens (including phenoxy) is 3. The molecule has 1 aromatic rings. The Morgan fingerprint density at radius 1 is 1.38 bits per heavy atom. The van der Waals surface area contributed by atoms with Crippen molar-refractivity contribution in [3.05, 3.63) is 42.5 Å². The van der Waals surface area contributed by atoms with E-state index in [1.165, 1.54) is 0 Å². The van der Waals surface area contributed by atoms with E-state index in [1.807, 2.05) is 6.07 Å². The molecule has 1 aromatic carbocycles. The number of nitrogens with two attached hydrogens (primary N) is 1. The number of benzene rings is 1. The number of rotatable bonds is 5. The van der Waals surface area contributed by atoms with Gasteiger partial charge in [-0.05, 0) is 19.1 Å². The van der Waals surface area contributed by atoms with E-state index in [0.29, 0.717) is 24.5 Å². The Hall–Kier alpha value is -2.18. The predicted octanol–water partition coefficient (Wildman–Crippen LogP) is 1.06. The summed E-state index contributed by atoms with van der Waals surface area (Å²) in [6, 6.07) is 8.83. The first-order chi connectivity index (χ1) is 10.0. The van der Waals surface area contributed by atoms with Crippen LogP contribution in [0, 0.1) is 0 Å². The minimum atomic E-state index is -0.420. The molecule has 0 bridgehead atoms. The zero-order valence-electron chi connectivity index (χ0n) is 11.9. The topological polar surface area (TPSA) is 91.1 Å². The highest BCUT2D eigenvalue weighted by Gasteiger charge is 2.24. The molecular formula is C15H19NO5. The monoisotopic (exact) mass is 293 g/mol. The molecule has 0 radical (unpaired) electrons. The number of para-hydroxylation sites is 1. The number of esters is 2. The standard InChI is InChI=1S/C8H9NO2.C7H10O3/c9-6-8(10)11-7-4-2-1-3-5-7;1-5(2)7(8)10-4-6-3-9-6/h1-5H,6,9H2;6H,1,3-4H2,2H3. The molecule has 0 saturated carbocycles. The van der Waals surface area contributed by atoms with E-state index in [9.17, 15) is 9.59 Å². The molecule has 2 N–H and O–H groups in total. The summed E-state index contributed by atoms with van der Waals surface area (Å²) in [5.41, 5.74) is 5.48. The largest absolute Gasteiger partial charge is 0.459 e. The van der Waals surface area contributed by atoms with E-state index >= 15 is 0 Å². The number of carbonyl (C=O) groups is 2. The molecular weight excluding hydrogens is 274 g/mol. The van der Waals surface area contributed by atoms with Crippen molar-refractivity contribution in [2.45, 2.75) is 13.0 Å². The number of epoxide rings is 1. The van der Waals surface area contributed by atoms with Crippen molar-refractivity contribution in [1.82, 2.24) is 0 Å². The van der Waals surface area contributed by atoms with Gasteiger partial charge in [0.15, 0.2) is 0 Å². The van der Waals surface area contributed by atoms with Crippen LogP contribution < -0.4 is 10.5 Å². The number of carbonyl (C=O) groups excluding carboxylic acids is 2. The lowest BCUT2D eigenvalue weighted by Gasteiger charge is -1.99. The third kappa shape index (κ3) is 7.86. The van der Waals surface area contributed by atoms with Crippen LogP contribution in [0.15, 0.2) is 42.5 Å². The van der Waals surface area contributed by atoms with Crippen LogP contribution in [0.1, 0.15) is 6.92 Å². The third-order valence-electron chi connectivity index (χ3n) is 2.29. The summed E-state index contributed by atoms with van der Waals surface area (Å²) in [6.45, 7) is 6.05. The Bertz CT molecular complexity index is 482. The second-order valence-electron chi connectivity index (χ2n) is 4.33. The number of hydrogen-bond acceptors (Lipinski definition) is 6. The van der Waals surface area contributed by atoms with Crippen molar-refractivity contribution in [2.24, 2.45) is 5.73 Å². The zero-order valence-corrected chi connectivity index (χ0v) is 11.9. The van der Waals surface area contributed by atoms with E-state index in [-0.39, 0.29) is 18.6 Å². The lowest BCUT2D eigenvalue weighted by atomic mass is 10.3. The molecule has 114 valence electrons. The van der Waals surface area contributed by atoms with Crippen molar-refractivity contribution in [3.8, 4) is 5.75 Å². The van der Waals surface area contributed by atoms with Gasteiger partial charge in [-0.2, -0.15) is 0 Å².